The third-order valence-electron chi connectivity index (χ3n) is 5.04. The van der Waals surface area contributed by atoms with Crippen LogP contribution >= 0.6 is 0 Å². The zero-order valence-electron chi connectivity index (χ0n) is 17.8. The predicted octanol–water partition coefficient (Wildman–Crippen LogP) is 0.555. The number of halogens is 1. The Morgan fingerprint density at radius 2 is 1.88 bits per heavy atom. The van der Waals surface area contributed by atoms with Crippen LogP contribution in [-0.2, 0) is 19.1 Å². The molecule has 0 unspecified atom stereocenters. The summed E-state index contributed by atoms with van der Waals surface area (Å²) in [7, 11) is 0. The third kappa shape index (κ3) is 5.83. The first-order chi connectivity index (χ1) is 15.7. The second-order valence-corrected chi connectivity index (χ2v) is 7.52. The lowest BCUT2D eigenvalue weighted by atomic mass is 9.99. The van der Waals surface area contributed by atoms with Crippen molar-refractivity contribution >= 4 is 29.5 Å². The van der Waals surface area contributed by atoms with Gasteiger partial charge in [-0.05, 0) is 29.3 Å². The van der Waals surface area contributed by atoms with Crippen LogP contribution in [0.1, 0.15) is 18.5 Å². The van der Waals surface area contributed by atoms with Crippen LogP contribution in [0.15, 0.2) is 42.5 Å². The molecule has 0 radical (unpaired) electrons. The number of nitrogens with two attached hydrogens (primary N) is 2. The van der Waals surface area contributed by atoms with Crippen LogP contribution < -0.4 is 27.0 Å². The first-order valence-electron chi connectivity index (χ1n) is 10.1. The number of amides is 4. The Morgan fingerprint density at radius 3 is 2.45 bits per heavy atom. The van der Waals surface area contributed by atoms with Gasteiger partial charge >= 0.3 is 6.09 Å². The number of ether oxygens (including phenoxy) is 1. The average molecular weight is 457 g/mol. The average Bonchev–Trinajstić information content (AvgIpc) is 3.13. The lowest BCUT2D eigenvalue weighted by Gasteiger charge is -2.16. The SMILES string of the molecule is CC(=O)NC[C@H]1CN(c2ccc(-c3ccc([C@@H](NCC(N)=O)C(N)=O)cc3)c(F)c2)C(=O)O1. The van der Waals surface area contributed by atoms with Crippen molar-refractivity contribution in [3.63, 3.8) is 0 Å². The standard InChI is InChI=1S/C22H24FN5O5/c1-12(29)26-9-16-11-28(22(32)33-16)15-6-7-17(18(23)8-15)13-2-4-14(5-3-13)20(21(25)31)27-10-19(24)30/h2-8,16,20,27H,9-11H2,1H3,(H2,24,30)(H2,25,31)(H,26,29)/t16-,20+/m0/s1. The van der Waals surface area contributed by atoms with Crippen LogP contribution in [0.25, 0.3) is 11.1 Å². The molecule has 1 aliphatic heterocycles. The molecule has 1 heterocycles. The number of nitrogens with zero attached hydrogens (tertiary/aromatic N) is 1. The molecule has 10 nitrogen and oxygen atoms in total. The van der Waals surface area contributed by atoms with E-state index in [1.54, 1.807) is 30.3 Å². The van der Waals surface area contributed by atoms with Crippen molar-refractivity contribution in [1.29, 1.82) is 0 Å². The maximum absolute atomic E-state index is 14.9. The van der Waals surface area contributed by atoms with Gasteiger partial charge in [0.2, 0.25) is 17.7 Å². The number of hydrogen-bond donors (Lipinski definition) is 4. The molecule has 0 aliphatic carbocycles. The molecule has 2 atom stereocenters. The smallest absolute Gasteiger partial charge is 0.414 e. The number of anilines is 1. The fourth-order valence-electron chi connectivity index (χ4n) is 3.44. The van der Waals surface area contributed by atoms with Gasteiger partial charge in [-0.25, -0.2) is 9.18 Å². The highest BCUT2D eigenvalue weighted by molar-refractivity contribution is 5.90. The van der Waals surface area contributed by atoms with Gasteiger partial charge in [0, 0.05) is 12.5 Å². The Morgan fingerprint density at radius 1 is 1.18 bits per heavy atom. The molecule has 1 fully saturated rings. The number of nitrogens with one attached hydrogen (secondary N) is 2. The van der Waals surface area contributed by atoms with Crippen molar-refractivity contribution in [1.82, 2.24) is 10.6 Å². The lowest BCUT2D eigenvalue weighted by molar-refractivity contribution is -0.121. The molecule has 0 aromatic heterocycles. The largest absolute Gasteiger partial charge is 0.442 e. The molecule has 0 spiro atoms. The molecule has 2 aromatic carbocycles. The summed E-state index contributed by atoms with van der Waals surface area (Å²) in [6, 6.07) is 9.84. The minimum Gasteiger partial charge on any atom is -0.442 e. The van der Waals surface area contributed by atoms with E-state index in [1.165, 1.54) is 24.0 Å². The Balaban J connectivity index is 1.74. The number of benzene rings is 2. The first-order valence-corrected chi connectivity index (χ1v) is 10.1. The van der Waals surface area contributed by atoms with Crippen LogP contribution in [-0.4, -0.2) is 49.6 Å². The maximum Gasteiger partial charge on any atom is 0.414 e. The molecule has 1 saturated heterocycles. The highest BCUT2D eigenvalue weighted by atomic mass is 19.1. The molecule has 11 heteroatoms. The molecule has 2 aromatic rings. The molecule has 1 aliphatic rings. The van der Waals surface area contributed by atoms with Crippen LogP contribution in [0, 0.1) is 5.82 Å². The molecule has 0 saturated carbocycles. The molecular formula is C22H24FN5O5. The number of rotatable bonds is 9. The number of carbonyl (C=O) groups is 4. The van der Waals surface area contributed by atoms with Gasteiger partial charge < -0.3 is 21.5 Å². The Labute approximate surface area is 189 Å². The van der Waals surface area contributed by atoms with Crippen LogP contribution in [0.4, 0.5) is 14.9 Å². The molecule has 6 N–H and O–H groups in total. The number of hydrogen-bond acceptors (Lipinski definition) is 6. The van der Waals surface area contributed by atoms with Gasteiger partial charge in [-0.3, -0.25) is 24.6 Å². The molecule has 4 amide bonds. The van der Waals surface area contributed by atoms with Gasteiger partial charge in [0.05, 0.1) is 25.3 Å². The third-order valence-corrected chi connectivity index (χ3v) is 5.04. The van der Waals surface area contributed by atoms with Crippen molar-refractivity contribution < 1.29 is 28.3 Å². The Kier molecular flexibility index (Phi) is 7.23. The van der Waals surface area contributed by atoms with E-state index in [0.29, 0.717) is 16.8 Å². The first kappa shape index (κ1) is 23.7. The van der Waals surface area contributed by atoms with Gasteiger partial charge in [0.25, 0.3) is 0 Å². The molecule has 0 bridgehead atoms. The summed E-state index contributed by atoms with van der Waals surface area (Å²) in [5.41, 5.74) is 12.1. The maximum atomic E-state index is 14.9. The van der Waals surface area contributed by atoms with Crippen molar-refractivity contribution in [2.24, 2.45) is 11.5 Å². The summed E-state index contributed by atoms with van der Waals surface area (Å²) in [5.74, 6) is -2.12. The van der Waals surface area contributed by atoms with Gasteiger partial charge in [0.1, 0.15) is 18.0 Å². The van der Waals surface area contributed by atoms with E-state index in [1.807, 2.05) is 0 Å². The minimum absolute atomic E-state index is 0.172. The minimum atomic E-state index is -0.926. The topological polar surface area (TPSA) is 157 Å². The second kappa shape index (κ2) is 10.1. The van der Waals surface area contributed by atoms with Gasteiger partial charge in [0.15, 0.2) is 0 Å². The van der Waals surface area contributed by atoms with E-state index >= 15 is 0 Å². The van der Waals surface area contributed by atoms with Gasteiger partial charge in [-0.1, -0.05) is 24.3 Å². The molecule has 3 rings (SSSR count). The van der Waals surface area contributed by atoms with E-state index < -0.39 is 35.9 Å². The fraction of sp³-hybridized carbons (Fsp3) is 0.273. The van der Waals surface area contributed by atoms with Crippen LogP contribution in [0.5, 0.6) is 0 Å². The van der Waals surface area contributed by atoms with Crippen molar-refractivity contribution in [2.45, 2.75) is 19.1 Å². The van der Waals surface area contributed by atoms with E-state index in [4.69, 9.17) is 16.2 Å². The summed E-state index contributed by atoms with van der Waals surface area (Å²) >= 11 is 0. The predicted molar refractivity (Wildman–Crippen MR) is 117 cm³/mol. The number of cyclic esters (lactones) is 1. The zero-order valence-corrected chi connectivity index (χ0v) is 17.8. The monoisotopic (exact) mass is 457 g/mol. The summed E-state index contributed by atoms with van der Waals surface area (Å²) in [5, 5.41) is 5.25. The molecular weight excluding hydrogens is 433 g/mol. The summed E-state index contributed by atoms with van der Waals surface area (Å²) < 4.78 is 20.1. The Bertz CT molecular complexity index is 1080. The lowest BCUT2D eigenvalue weighted by Crippen LogP contribution is -2.38. The zero-order chi connectivity index (χ0) is 24.1. The molecule has 33 heavy (non-hydrogen) atoms. The highest BCUT2D eigenvalue weighted by Gasteiger charge is 2.32. The highest BCUT2D eigenvalue weighted by Crippen LogP contribution is 2.30. The number of primary amides is 2. The summed E-state index contributed by atoms with van der Waals surface area (Å²) in [6.07, 6.45) is -1.15. The van der Waals surface area contributed by atoms with E-state index in [9.17, 15) is 23.6 Å². The van der Waals surface area contributed by atoms with Crippen LogP contribution in [0.3, 0.4) is 0 Å². The van der Waals surface area contributed by atoms with Crippen molar-refractivity contribution in [3.05, 3.63) is 53.8 Å². The van der Waals surface area contributed by atoms with Gasteiger partial charge in [-0.15, -0.1) is 0 Å². The van der Waals surface area contributed by atoms with E-state index in [-0.39, 0.29) is 31.1 Å². The van der Waals surface area contributed by atoms with Gasteiger partial charge in [-0.2, -0.15) is 0 Å². The summed E-state index contributed by atoms with van der Waals surface area (Å²) in [6.45, 7) is 1.49. The quantitative estimate of drug-likeness (QED) is 0.431. The fourth-order valence-corrected chi connectivity index (χ4v) is 3.44. The van der Waals surface area contributed by atoms with E-state index in [0.717, 1.165) is 0 Å². The number of carbonyl (C=O) groups excluding carboxylic acids is 4. The second-order valence-electron chi connectivity index (χ2n) is 7.52. The summed E-state index contributed by atoms with van der Waals surface area (Å²) in [4.78, 5) is 47.1. The molecule has 174 valence electrons. The normalized spacial score (nSPS) is 16.2. The van der Waals surface area contributed by atoms with Crippen LogP contribution in [0.2, 0.25) is 0 Å². The van der Waals surface area contributed by atoms with E-state index in [2.05, 4.69) is 10.6 Å². The van der Waals surface area contributed by atoms with Crippen molar-refractivity contribution in [3.8, 4) is 11.1 Å². The Hall–Kier alpha value is -3.99. The van der Waals surface area contributed by atoms with Crippen molar-refractivity contribution in [2.75, 3.05) is 24.5 Å².